The Morgan fingerprint density at radius 1 is 0.296 bits per heavy atom. The molecule has 0 aliphatic rings. The van der Waals surface area contributed by atoms with Crippen LogP contribution in [0.4, 0.5) is 0 Å². The Balaban J connectivity index is 4.32. The molecular formula is C65H108O6. The van der Waals surface area contributed by atoms with E-state index in [-0.39, 0.29) is 31.1 Å². The first-order valence-corrected chi connectivity index (χ1v) is 29.4. The van der Waals surface area contributed by atoms with Gasteiger partial charge < -0.3 is 14.2 Å². The first kappa shape index (κ1) is 67.1. The summed E-state index contributed by atoms with van der Waals surface area (Å²) in [5.41, 5.74) is 0. The third-order valence-corrected chi connectivity index (χ3v) is 12.3. The summed E-state index contributed by atoms with van der Waals surface area (Å²) in [6.45, 7) is 6.47. The zero-order valence-electron chi connectivity index (χ0n) is 46.2. The molecule has 0 saturated carbocycles. The third kappa shape index (κ3) is 56.9. The lowest BCUT2D eigenvalue weighted by atomic mass is 10.1. The van der Waals surface area contributed by atoms with E-state index >= 15 is 0 Å². The van der Waals surface area contributed by atoms with Crippen LogP contribution < -0.4 is 0 Å². The number of allylic oxidation sites excluding steroid dienone is 18. The average Bonchev–Trinajstić information content (AvgIpc) is 3.37. The van der Waals surface area contributed by atoms with Crippen LogP contribution in [0.3, 0.4) is 0 Å². The predicted octanol–water partition coefficient (Wildman–Crippen LogP) is 19.9. The summed E-state index contributed by atoms with van der Waals surface area (Å²) in [4.78, 5) is 38.0. The molecule has 71 heavy (non-hydrogen) atoms. The number of carbonyl (C=O) groups excluding carboxylic acids is 3. The van der Waals surface area contributed by atoms with Crippen molar-refractivity contribution in [2.75, 3.05) is 13.2 Å². The quantitative estimate of drug-likeness (QED) is 0.0261. The summed E-state index contributed by atoms with van der Waals surface area (Å²) in [5.74, 6) is -0.924. The fraction of sp³-hybridized carbons (Fsp3) is 0.677. The maximum absolute atomic E-state index is 12.8. The van der Waals surface area contributed by atoms with E-state index < -0.39 is 6.10 Å². The summed E-state index contributed by atoms with van der Waals surface area (Å²) >= 11 is 0. The Morgan fingerprint density at radius 2 is 0.549 bits per heavy atom. The van der Waals surface area contributed by atoms with Crippen molar-refractivity contribution in [1.29, 1.82) is 0 Å². The minimum absolute atomic E-state index is 0.0886. The molecule has 0 rings (SSSR count). The summed E-state index contributed by atoms with van der Waals surface area (Å²) in [5, 5.41) is 0. The van der Waals surface area contributed by atoms with Gasteiger partial charge in [0.1, 0.15) is 13.2 Å². The zero-order valence-corrected chi connectivity index (χ0v) is 46.2. The molecule has 0 aromatic rings. The third-order valence-electron chi connectivity index (χ3n) is 12.3. The molecule has 0 heterocycles. The van der Waals surface area contributed by atoms with Crippen molar-refractivity contribution in [3.05, 3.63) is 109 Å². The molecular weight excluding hydrogens is 877 g/mol. The van der Waals surface area contributed by atoms with Crippen LogP contribution in [0, 0.1) is 0 Å². The average molecular weight is 986 g/mol. The van der Waals surface area contributed by atoms with E-state index in [1.165, 1.54) is 89.9 Å². The number of rotatable bonds is 52. The number of hydrogen-bond donors (Lipinski definition) is 0. The molecule has 1 unspecified atom stereocenters. The highest BCUT2D eigenvalue weighted by atomic mass is 16.6. The lowest BCUT2D eigenvalue weighted by molar-refractivity contribution is -0.167. The molecule has 0 amide bonds. The van der Waals surface area contributed by atoms with Gasteiger partial charge in [0, 0.05) is 19.3 Å². The van der Waals surface area contributed by atoms with Crippen molar-refractivity contribution < 1.29 is 28.6 Å². The number of hydrogen-bond acceptors (Lipinski definition) is 6. The van der Waals surface area contributed by atoms with Crippen LogP contribution in [0.1, 0.15) is 265 Å². The lowest BCUT2D eigenvalue weighted by Gasteiger charge is -2.18. The van der Waals surface area contributed by atoms with Gasteiger partial charge in [-0.1, -0.05) is 246 Å². The van der Waals surface area contributed by atoms with Crippen molar-refractivity contribution in [3.63, 3.8) is 0 Å². The van der Waals surface area contributed by atoms with Gasteiger partial charge in [0.2, 0.25) is 0 Å². The predicted molar refractivity (Wildman–Crippen MR) is 307 cm³/mol. The van der Waals surface area contributed by atoms with Crippen LogP contribution in [0.25, 0.3) is 0 Å². The molecule has 0 bridgehead atoms. The van der Waals surface area contributed by atoms with Crippen LogP contribution >= 0.6 is 0 Å². The lowest BCUT2D eigenvalue weighted by Crippen LogP contribution is -2.30. The van der Waals surface area contributed by atoms with Crippen molar-refractivity contribution in [1.82, 2.24) is 0 Å². The van der Waals surface area contributed by atoms with E-state index in [4.69, 9.17) is 14.2 Å². The second-order valence-corrected chi connectivity index (χ2v) is 19.2. The summed E-state index contributed by atoms with van der Waals surface area (Å²) in [7, 11) is 0. The van der Waals surface area contributed by atoms with Crippen LogP contribution in [-0.4, -0.2) is 37.2 Å². The van der Waals surface area contributed by atoms with Gasteiger partial charge in [-0.25, -0.2) is 0 Å². The first-order chi connectivity index (χ1) is 35.0. The highest BCUT2D eigenvalue weighted by Gasteiger charge is 2.19. The molecule has 6 heteroatoms. The van der Waals surface area contributed by atoms with Gasteiger partial charge in [-0.3, -0.25) is 14.4 Å². The molecule has 0 N–H and O–H groups in total. The van der Waals surface area contributed by atoms with E-state index in [2.05, 4.69) is 130 Å². The highest BCUT2D eigenvalue weighted by Crippen LogP contribution is 2.14. The molecule has 0 aromatic heterocycles. The van der Waals surface area contributed by atoms with E-state index in [9.17, 15) is 14.4 Å². The summed E-state index contributed by atoms with van der Waals surface area (Å²) in [6.07, 6.45) is 79.4. The summed E-state index contributed by atoms with van der Waals surface area (Å²) in [6, 6.07) is 0. The molecule has 0 saturated heterocycles. The van der Waals surface area contributed by atoms with Crippen molar-refractivity contribution in [2.45, 2.75) is 271 Å². The van der Waals surface area contributed by atoms with Gasteiger partial charge in [-0.2, -0.15) is 0 Å². The monoisotopic (exact) mass is 985 g/mol. The molecule has 0 radical (unpaired) electrons. The molecule has 0 aliphatic carbocycles. The van der Waals surface area contributed by atoms with E-state index in [1.54, 1.807) is 0 Å². The van der Waals surface area contributed by atoms with Crippen LogP contribution in [0.5, 0.6) is 0 Å². The largest absolute Gasteiger partial charge is 0.462 e. The highest BCUT2D eigenvalue weighted by molar-refractivity contribution is 5.71. The number of esters is 3. The smallest absolute Gasteiger partial charge is 0.306 e. The Morgan fingerprint density at radius 3 is 0.873 bits per heavy atom. The molecule has 6 nitrogen and oxygen atoms in total. The number of unbranched alkanes of at least 4 members (excludes halogenated alkanes) is 23. The molecule has 404 valence electrons. The van der Waals surface area contributed by atoms with Crippen molar-refractivity contribution in [2.24, 2.45) is 0 Å². The van der Waals surface area contributed by atoms with Crippen molar-refractivity contribution >= 4 is 17.9 Å². The fourth-order valence-corrected chi connectivity index (χ4v) is 7.86. The SMILES string of the molecule is CC/C=C\C/C=C\C/C=C\C/C=C\C/C=C\C/C=C\C/C=C\C/C=C\CCCCCCC(=O)OCC(COC(=O)CCCCCCCCCCCC)OC(=O)CCCCCCC/C=C\CCCCCCC. The Hall–Kier alpha value is -3.93. The van der Waals surface area contributed by atoms with Gasteiger partial charge >= 0.3 is 17.9 Å². The number of carbonyl (C=O) groups is 3. The zero-order chi connectivity index (χ0) is 51.4. The van der Waals surface area contributed by atoms with Gasteiger partial charge in [0.05, 0.1) is 0 Å². The van der Waals surface area contributed by atoms with Crippen LogP contribution in [0.15, 0.2) is 109 Å². The van der Waals surface area contributed by atoms with Gasteiger partial charge in [0.25, 0.3) is 0 Å². The fourth-order valence-electron chi connectivity index (χ4n) is 7.86. The molecule has 0 spiro atoms. The number of ether oxygens (including phenoxy) is 3. The van der Waals surface area contributed by atoms with E-state index in [0.29, 0.717) is 19.3 Å². The van der Waals surface area contributed by atoms with E-state index in [0.717, 1.165) is 135 Å². The van der Waals surface area contributed by atoms with Gasteiger partial charge in [-0.05, 0) is 109 Å². The Bertz CT molecular complexity index is 1460. The molecule has 1 atom stereocenters. The second kappa shape index (κ2) is 58.6. The van der Waals surface area contributed by atoms with Crippen LogP contribution in [-0.2, 0) is 28.6 Å². The van der Waals surface area contributed by atoms with Crippen molar-refractivity contribution in [3.8, 4) is 0 Å². The summed E-state index contributed by atoms with van der Waals surface area (Å²) < 4.78 is 16.8. The van der Waals surface area contributed by atoms with Crippen LogP contribution in [0.2, 0.25) is 0 Å². The molecule has 0 aliphatic heterocycles. The normalized spacial score (nSPS) is 12.9. The molecule has 0 aromatic carbocycles. The maximum Gasteiger partial charge on any atom is 0.306 e. The Labute approximate surface area is 438 Å². The Kier molecular flexibility index (Phi) is 55.4. The minimum atomic E-state index is -0.792. The first-order valence-electron chi connectivity index (χ1n) is 29.4. The van der Waals surface area contributed by atoms with Gasteiger partial charge in [0.15, 0.2) is 6.10 Å². The van der Waals surface area contributed by atoms with E-state index in [1.807, 2.05) is 0 Å². The minimum Gasteiger partial charge on any atom is -0.462 e. The topological polar surface area (TPSA) is 78.9 Å². The maximum atomic E-state index is 12.8. The standard InChI is InChI=1S/C65H108O6/c1-4-7-10-13-16-19-22-24-26-27-28-29-30-31-32-33-34-35-36-37-38-39-40-42-43-46-49-52-55-58-64(67)70-61-62(60-69-63(66)57-54-51-48-45-21-18-15-12-9-6-3)71-65(68)59-56-53-50-47-44-41-25-23-20-17-14-11-8-5-2/h7,10,16,19,23-26,28-29,31-32,34-35,37-38,40,42,62H,4-6,8-9,11-15,17-18,20-22,27,30,33,36,39,41,43-61H2,1-3H3/b10-7-,19-16-,25-23-,26-24-,29-28-,32-31-,35-34-,38-37-,42-40-. The second-order valence-electron chi connectivity index (χ2n) is 19.2. The van der Waals surface area contributed by atoms with Gasteiger partial charge in [-0.15, -0.1) is 0 Å². The molecule has 0 fully saturated rings.